The first-order chi connectivity index (χ1) is 11.2. The lowest BCUT2D eigenvalue weighted by molar-refractivity contribution is -0.183. The Kier molecular flexibility index (Phi) is 5.95. The zero-order valence-corrected chi connectivity index (χ0v) is 13.7. The number of rotatable bonds is 5. The van der Waals surface area contributed by atoms with E-state index in [4.69, 9.17) is 5.11 Å². The van der Waals surface area contributed by atoms with Crippen molar-refractivity contribution in [2.45, 2.75) is 50.9 Å². The van der Waals surface area contributed by atoms with Crippen LogP contribution in [0.15, 0.2) is 0 Å². The number of urea groups is 1. The second-order valence-corrected chi connectivity index (χ2v) is 6.53. The van der Waals surface area contributed by atoms with Crippen LogP contribution in [0.25, 0.3) is 0 Å². The number of halogens is 3. The summed E-state index contributed by atoms with van der Waals surface area (Å²) in [5, 5.41) is 11.7. The lowest BCUT2D eigenvalue weighted by Gasteiger charge is -2.43. The maximum Gasteiger partial charge on any atom is 0.391 e. The van der Waals surface area contributed by atoms with Gasteiger partial charge < -0.3 is 15.3 Å². The molecule has 2 N–H and O–H groups in total. The summed E-state index contributed by atoms with van der Waals surface area (Å²) < 4.78 is 37.9. The molecule has 1 heterocycles. The molecule has 0 aromatic rings. The maximum absolute atomic E-state index is 12.6. The van der Waals surface area contributed by atoms with Crippen LogP contribution in [0, 0.1) is 5.92 Å². The van der Waals surface area contributed by atoms with Gasteiger partial charge >= 0.3 is 18.2 Å². The number of hydrogen-bond donors (Lipinski definition) is 2. The lowest BCUT2D eigenvalue weighted by Crippen LogP contribution is -2.57. The highest BCUT2D eigenvalue weighted by Crippen LogP contribution is 2.34. The average Bonchev–Trinajstić information content (AvgIpc) is 2.47. The molecular weight excluding hydrogens is 327 g/mol. The molecule has 6 nitrogen and oxygen atoms in total. The van der Waals surface area contributed by atoms with Gasteiger partial charge in [-0.3, -0.25) is 9.69 Å². The van der Waals surface area contributed by atoms with Crippen molar-refractivity contribution in [2.75, 3.05) is 26.2 Å². The van der Waals surface area contributed by atoms with Gasteiger partial charge in [0.15, 0.2) is 0 Å². The van der Waals surface area contributed by atoms with Gasteiger partial charge in [-0.05, 0) is 32.2 Å². The quantitative estimate of drug-likeness (QED) is 0.794. The first-order valence-electron chi connectivity index (χ1n) is 8.28. The molecule has 0 bridgehead atoms. The van der Waals surface area contributed by atoms with E-state index in [0.717, 1.165) is 0 Å². The molecule has 0 aromatic carbocycles. The van der Waals surface area contributed by atoms with Crippen LogP contribution in [0.1, 0.15) is 32.6 Å². The largest absolute Gasteiger partial charge is 0.480 e. The summed E-state index contributed by atoms with van der Waals surface area (Å²) in [5.74, 6) is -2.19. The van der Waals surface area contributed by atoms with Crippen molar-refractivity contribution in [2.24, 2.45) is 5.92 Å². The zero-order chi connectivity index (χ0) is 17.9. The summed E-state index contributed by atoms with van der Waals surface area (Å²) >= 11 is 0. The van der Waals surface area contributed by atoms with Crippen molar-refractivity contribution in [3.8, 4) is 0 Å². The van der Waals surface area contributed by atoms with E-state index in [1.54, 1.807) is 0 Å². The molecule has 24 heavy (non-hydrogen) atoms. The summed E-state index contributed by atoms with van der Waals surface area (Å²) in [5.41, 5.74) is 0. The van der Waals surface area contributed by atoms with Crippen LogP contribution < -0.4 is 5.32 Å². The predicted molar refractivity (Wildman–Crippen MR) is 80.6 cm³/mol. The van der Waals surface area contributed by atoms with Crippen LogP contribution in [-0.2, 0) is 4.79 Å². The zero-order valence-electron chi connectivity index (χ0n) is 13.7. The minimum absolute atomic E-state index is 0.0210. The van der Waals surface area contributed by atoms with Crippen LogP contribution in [0.5, 0.6) is 0 Å². The first-order valence-corrected chi connectivity index (χ1v) is 8.28. The Morgan fingerprint density at radius 2 is 1.83 bits per heavy atom. The molecule has 2 aliphatic rings. The maximum atomic E-state index is 12.6. The number of likely N-dealkylation sites (tertiary alicyclic amines) is 1. The number of amides is 2. The minimum atomic E-state index is -4.18. The smallest absolute Gasteiger partial charge is 0.391 e. The molecule has 0 aromatic heterocycles. The van der Waals surface area contributed by atoms with E-state index in [9.17, 15) is 22.8 Å². The molecule has 2 rings (SSSR count). The fourth-order valence-corrected chi connectivity index (χ4v) is 3.35. The van der Waals surface area contributed by atoms with Gasteiger partial charge in [-0.2, -0.15) is 13.2 Å². The molecule has 1 saturated carbocycles. The Labute approximate surface area is 139 Å². The third kappa shape index (κ3) is 4.75. The Morgan fingerprint density at radius 3 is 2.29 bits per heavy atom. The molecule has 1 aliphatic heterocycles. The monoisotopic (exact) mass is 351 g/mol. The fourth-order valence-electron chi connectivity index (χ4n) is 3.35. The number of hydrogen-bond acceptors (Lipinski definition) is 3. The molecule has 1 saturated heterocycles. The van der Waals surface area contributed by atoms with Crippen LogP contribution in [0.2, 0.25) is 0 Å². The highest BCUT2D eigenvalue weighted by molar-refractivity contribution is 5.74. The molecule has 0 spiro atoms. The van der Waals surface area contributed by atoms with E-state index in [1.807, 2.05) is 11.8 Å². The molecule has 0 unspecified atom stereocenters. The van der Waals surface area contributed by atoms with E-state index < -0.39 is 18.1 Å². The normalized spacial score (nSPS) is 25.5. The fraction of sp³-hybridized carbons (Fsp3) is 0.867. The molecule has 0 atom stereocenters. The Bertz CT molecular complexity index is 459. The van der Waals surface area contributed by atoms with Crippen molar-refractivity contribution in [3.63, 3.8) is 0 Å². The average molecular weight is 351 g/mol. The van der Waals surface area contributed by atoms with Gasteiger partial charge in [0.05, 0.1) is 12.5 Å². The number of aliphatic carboxylic acids is 1. The van der Waals surface area contributed by atoms with Crippen LogP contribution in [0.4, 0.5) is 18.0 Å². The van der Waals surface area contributed by atoms with Gasteiger partial charge in [0.2, 0.25) is 0 Å². The van der Waals surface area contributed by atoms with Crippen molar-refractivity contribution < 1.29 is 27.9 Å². The van der Waals surface area contributed by atoms with Gasteiger partial charge in [-0.15, -0.1) is 0 Å². The van der Waals surface area contributed by atoms with E-state index >= 15 is 0 Å². The highest BCUT2D eigenvalue weighted by Gasteiger charge is 2.42. The number of carbonyl (C=O) groups is 2. The standard InChI is InChI=1S/C15H24F3N3O3/c1-2-20(9-13(22)23)12-7-11(8-12)19-14(24)21-5-3-10(4-6-21)15(16,17)18/h10-12H,2-9H2,1H3,(H,19,24)(H,22,23). The van der Waals surface area contributed by atoms with Crippen LogP contribution in [-0.4, -0.2) is 71.3 Å². The van der Waals surface area contributed by atoms with Crippen molar-refractivity contribution in [1.82, 2.24) is 15.1 Å². The van der Waals surface area contributed by atoms with Crippen LogP contribution in [0.3, 0.4) is 0 Å². The Balaban J connectivity index is 1.71. The Hall–Kier alpha value is -1.51. The molecule has 0 radical (unpaired) electrons. The number of nitrogens with one attached hydrogen (secondary N) is 1. The number of carbonyl (C=O) groups excluding carboxylic acids is 1. The molecule has 9 heteroatoms. The predicted octanol–water partition coefficient (Wildman–Crippen LogP) is 1.91. The van der Waals surface area contributed by atoms with Crippen LogP contribution >= 0.6 is 0 Å². The second kappa shape index (κ2) is 7.58. The van der Waals surface area contributed by atoms with Gasteiger partial charge in [0, 0.05) is 25.2 Å². The highest BCUT2D eigenvalue weighted by atomic mass is 19.4. The van der Waals surface area contributed by atoms with Gasteiger partial charge in [-0.25, -0.2) is 4.79 Å². The number of piperidine rings is 1. The molecule has 138 valence electrons. The topological polar surface area (TPSA) is 72.9 Å². The molecule has 2 amide bonds. The lowest BCUT2D eigenvalue weighted by atomic mass is 9.85. The van der Waals surface area contributed by atoms with E-state index in [2.05, 4.69) is 5.32 Å². The molecule has 2 fully saturated rings. The van der Waals surface area contributed by atoms with Gasteiger partial charge in [0.25, 0.3) is 0 Å². The number of likely N-dealkylation sites (N-methyl/N-ethyl adjacent to an activating group) is 1. The number of carboxylic acid groups (broad SMARTS) is 1. The summed E-state index contributed by atoms with van der Waals surface area (Å²) in [6.07, 6.45) is -2.94. The van der Waals surface area contributed by atoms with Crippen molar-refractivity contribution >= 4 is 12.0 Å². The van der Waals surface area contributed by atoms with E-state index in [0.29, 0.717) is 19.4 Å². The summed E-state index contributed by atoms with van der Waals surface area (Å²) in [6.45, 7) is 2.73. The van der Waals surface area contributed by atoms with E-state index in [1.165, 1.54) is 4.90 Å². The van der Waals surface area contributed by atoms with Gasteiger partial charge in [0.1, 0.15) is 0 Å². The summed E-state index contributed by atoms with van der Waals surface area (Å²) in [4.78, 5) is 26.2. The number of carboxylic acids is 1. The van der Waals surface area contributed by atoms with E-state index in [-0.39, 0.29) is 50.6 Å². The molecule has 1 aliphatic carbocycles. The van der Waals surface area contributed by atoms with Crippen molar-refractivity contribution in [3.05, 3.63) is 0 Å². The first kappa shape index (κ1) is 18.8. The van der Waals surface area contributed by atoms with Gasteiger partial charge in [-0.1, -0.05) is 6.92 Å². The third-order valence-corrected chi connectivity index (χ3v) is 4.95. The summed E-state index contributed by atoms with van der Waals surface area (Å²) in [7, 11) is 0. The SMILES string of the molecule is CCN(CC(=O)O)C1CC(NC(=O)N2CCC(C(F)(F)F)CC2)C1. The minimum Gasteiger partial charge on any atom is -0.480 e. The summed E-state index contributed by atoms with van der Waals surface area (Å²) in [6, 6.07) is -0.224. The third-order valence-electron chi connectivity index (χ3n) is 4.95. The molecular formula is C15H24F3N3O3. The number of alkyl halides is 3. The Morgan fingerprint density at radius 1 is 1.25 bits per heavy atom. The van der Waals surface area contributed by atoms with Crippen molar-refractivity contribution in [1.29, 1.82) is 0 Å². The second-order valence-electron chi connectivity index (χ2n) is 6.53. The number of nitrogens with zero attached hydrogens (tertiary/aromatic N) is 2.